The zero-order valence-corrected chi connectivity index (χ0v) is 17.4. The molecule has 0 spiro atoms. The molecule has 1 heterocycles. The van der Waals surface area contributed by atoms with Crippen LogP contribution in [0.15, 0.2) is 79.0 Å². The molecule has 0 radical (unpaired) electrons. The Hall–Kier alpha value is -3.99. The Labute approximate surface area is 180 Å². The average molecular weight is 413 g/mol. The number of ketones is 1. The van der Waals surface area contributed by atoms with E-state index in [1.54, 1.807) is 38.5 Å². The van der Waals surface area contributed by atoms with E-state index in [9.17, 15) is 4.79 Å². The first-order valence-corrected chi connectivity index (χ1v) is 9.91. The van der Waals surface area contributed by atoms with Crippen LogP contribution in [0.3, 0.4) is 0 Å². The lowest BCUT2D eigenvalue weighted by Crippen LogP contribution is -2.03. The van der Waals surface area contributed by atoms with Crippen molar-refractivity contribution in [2.75, 3.05) is 14.2 Å². The van der Waals surface area contributed by atoms with Crippen LogP contribution in [0.2, 0.25) is 0 Å². The Morgan fingerprint density at radius 2 is 1.61 bits per heavy atom. The molecule has 0 atom stereocenters. The molecule has 4 rings (SSSR count). The van der Waals surface area contributed by atoms with Crippen molar-refractivity contribution in [3.63, 3.8) is 0 Å². The van der Waals surface area contributed by atoms with Gasteiger partial charge in [0.2, 0.25) is 5.75 Å². The molecule has 5 nitrogen and oxygen atoms in total. The SMILES string of the molecule is COc1cc(C(=O)/C=C/c2c[nH]c3ccccc23)cc(OC)c1OCc1ccccc1. The normalized spacial score (nSPS) is 11.0. The third-order valence-corrected chi connectivity index (χ3v) is 5.01. The molecule has 0 aliphatic rings. The van der Waals surface area contributed by atoms with Crippen molar-refractivity contribution in [3.05, 3.63) is 95.7 Å². The molecule has 0 saturated carbocycles. The van der Waals surface area contributed by atoms with Gasteiger partial charge in [-0.25, -0.2) is 0 Å². The van der Waals surface area contributed by atoms with Crippen LogP contribution in [-0.4, -0.2) is 25.0 Å². The number of hydrogen-bond donors (Lipinski definition) is 1. The Morgan fingerprint density at radius 3 is 2.32 bits per heavy atom. The van der Waals surface area contributed by atoms with Gasteiger partial charge in [0.25, 0.3) is 0 Å². The summed E-state index contributed by atoms with van der Waals surface area (Å²) in [7, 11) is 3.08. The predicted molar refractivity (Wildman–Crippen MR) is 122 cm³/mol. The van der Waals surface area contributed by atoms with Crippen molar-refractivity contribution in [3.8, 4) is 17.2 Å². The molecule has 0 aliphatic carbocycles. The smallest absolute Gasteiger partial charge is 0.203 e. The number of carbonyl (C=O) groups excluding carboxylic acids is 1. The maximum atomic E-state index is 12.9. The van der Waals surface area contributed by atoms with Gasteiger partial charge in [-0.15, -0.1) is 0 Å². The van der Waals surface area contributed by atoms with Gasteiger partial charge in [-0.05, 0) is 41.5 Å². The number of fused-ring (bicyclic) bond motifs is 1. The number of para-hydroxylation sites is 1. The van der Waals surface area contributed by atoms with Gasteiger partial charge in [-0.1, -0.05) is 48.5 Å². The molecule has 0 unspecified atom stereocenters. The number of allylic oxidation sites excluding steroid dienone is 1. The summed E-state index contributed by atoms with van der Waals surface area (Å²) >= 11 is 0. The second kappa shape index (κ2) is 9.22. The highest BCUT2D eigenvalue weighted by Gasteiger charge is 2.17. The van der Waals surface area contributed by atoms with Gasteiger partial charge < -0.3 is 19.2 Å². The van der Waals surface area contributed by atoms with Gasteiger partial charge in [0, 0.05) is 22.7 Å². The summed E-state index contributed by atoms with van der Waals surface area (Å²) in [5, 5.41) is 1.06. The van der Waals surface area contributed by atoms with E-state index in [0.29, 0.717) is 29.4 Å². The molecule has 156 valence electrons. The fourth-order valence-electron chi connectivity index (χ4n) is 3.39. The summed E-state index contributed by atoms with van der Waals surface area (Å²) in [6, 6.07) is 21.1. The first-order valence-electron chi connectivity index (χ1n) is 9.91. The largest absolute Gasteiger partial charge is 0.493 e. The molecule has 1 aromatic heterocycles. The number of H-pyrrole nitrogens is 1. The summed E-state index contributed by atoms with van der Waals surface area (Å²) in [6.07, 6.45) is 5.24. The third kappa shape index (κ3) is 4.46. The van der Waals surface area contributed by atoms with E-state index in [1.807, 2.05) is 60.8 Å². The molecule has 1 N–H and O–H groups in total. The zero-order chi connectivity index (χ0) is 21.6. The second-order valence-corrected chi connectivity index (χ2v) is 6.97. The van der Waals surface area contributed by atoms with E-state index in [4.69, 9.17) is 14.2 Å². The van der Waals surface area contributed by atoms with Crippen LogP contribution in [-0.2, 0) is 6.61 Å². The third-order valence-electron chi connectivity index (χ3n) is 5.01. The maximum Gasteiger partial charge on any atom is 0.203 e. The molecule has 0 fully saturated rings. The minimum Gasteiger partial charge on any atom is -0.493 e. The van der Waals surface area contributed by atoms with Gasteiger partial charge in [-0.2, -0.15) is 0 Å². The van der Waals surface area contributed by atoms with E-state index in [-0.39, 0.29) is 5.78 Å². The Balaban J connectivity index is 1.58. The number of carbonyl (C=O) groups is 1. The molecule has 31 heavy (non-hydrogen) atoms. The summed E-state index contributed by atoms with van der Waals surface area (Å²) in [5.41, 5.74) is 3.45. The number of methoxy groups -OCH3 is 2. The van der Waals surface area contributed by atoms with Gasteiger partial charge in [-0.3, -0.25) is 4.79 Å². The van der Waals surface area contributed by atoms with Gasteiger partial charge in [0.05, 0.1) is 14.2 Å². The molecular formula is C26H23NO4. The van der Waals surface area contributed by atoms with Crippen molar-refractivity contribution in [1.29, 1.82) is 0 Å². The first kappa shape index (κ1) is 20.3. The number of nitrogens with one attached hydrogen (secondary N) is 1. The lowest BCUT2D eigenvalue weighted by molar-refractivity contribution is 0.104. The molecular weight excluding hydrogens is 390 g/mol. The van der Waals surface area contributed by atoms with Crippen molar-refractivity contribution >= 4 is 22.8 Å². The van der Waals surface area contributed by atoms with E-state index >= 15 is 0 Å². The van der Waals surface area contributed by atoms with E-state index in [0.717, 1.165) is 22.0 Å². The highest BCUT2D eigenvalue weighted by molar-refractivity contribution is 6.08. The van der Waals surface area contributed by atoms with Gasteiger partial charge >= 0.3 is 0 Å². The molecule has 4 aromatic rings. The zero-order valence-electron chi connectivity index (χ0n) is 17.4. The molecule has 0 saturated heterocycles. The van der Waals surface area contributed by atoms with Gasteiger partial charge in [0.15, 0.2) is 17.3 Å². The maximum absolute atomic E-state index is 12.9. The molecule has 5 heteroatoms. The van der Waals surface area contributed by atoms with Crippen LogP contribution in [0, 0.1) is 0 Å². The van der Waals surface area contributed by atoms with E-state index in [2.05, 4.69) is 4.98 Å². The summed E-state index contributed by atoms with van der Waals surface area (Å²) in [4.78, 5) is 16.1. The fraction of sp³-hybridized carbons (Fsp3) is 0.115. The number of benzene rings is 3. The van der Waals surface area contributed by atoms with Crippen LogP contribution < -0.4 is 14.2 Å². The quantitative estimate of drug-likeness (QED) is 0.299. The average Bonchev–Trinajstić information content (AvgIpc) is 3.24. The van der Waals surface area contributed by atoms with Crippen molar-refractivity contribution < 1.29 is 19.0 Å². The number of ether oxygens (including phenoxy) is 3. The minimum atomic E-state index is -0.156. The summed E-state index contributed by atoms with van der Waals surface area (Å²) in [6.45, 7) is 0.362. The summed E-state index contributed by atoms with van der Waals surface area (Å²) in [5.74, 6) is 1.20. The van der Waals surface area contributed by atoms with Crippen LogP contribution in [0.1, 0.15) is 21.5 Å². The molecule has 0 amide bonds. The van der Waals surface area contributed by atoms with E-state index < -0.39 is 0 Å². The molecule has 3 aromatic carbocycles. The molecule has 0 bridgehead atoms. The highest BCUT2D eigenvalue weighted by Crippen LogP contribution is 2.39. The van der Waals surface area contributed by atoms with Crippen LogP contribution in [0.5, 0.6) is 17.2 Å². The van der Waals surface area contributed by atoms with Gasteiger partial charge in [0.1, 0.15) is 6.61 Å². The highest BCUT2D eigenvalue weighted by atomic mass is 16.5. The Morgan fingerprint density at radius 1 is 0.935 bits per heavy atom. The number of aromatic amines is 1. The van der Waals surface area contributed by atoms with Crippen molar-refractivity contribution in [1.82, 2.24) is 4.98 Å². The lowest BCUT2D eigenvalue weighted by Gasteiger charge is -2.15. The fourth-order valence-corrected chi connectivity index (χ4v) is 3.39. The van der Waals surface area contributed by atoms with Crippen LogP contribution >= 0.6 is 0 Å². The first-order chi connectivity index (χ1) is 15.2. The molecule has 0 aliphatic heterocycles. The van der Waals surface area contributed by atoms with Crippen LogP contribution in [0.4, 0.5) is 0 Å². The predicted octanol–water partition coefficient (Wildman–Crippen LogP) is 5.66. The van der Waals surface area contributed by atoms with E-state index in [1.165, 1.54) is 0 Å². The number of rotatable bonds is 8. The van der Waals surface area contributed by atoms with Crippen molar-refractivity contribution in [2.45, 2.75) is 6.61 Å². The van der Waals surface area contributed by atoms with Crippen molar-refractivity contribution in [2.24, 2.45) is 0 Å². The second-order valence-electron chi connectivity index (χ2n) is 6.97. The Kier molecular flexibility index (Phi) is 6.03. The number of hydrogen-bond acceptors (Lipinski definition) is 4. The standard InChI is InChI=1S/C26H23NO4/c1-29-24-14-20(15-25(30-2)26(24)31-17-18-8-4-3-5-9-18)23(28)13-12-19-16-27-22-11-7-6-10-21(19)22/h3-16,27H,17H2,1-2H3/b13-12+. The monoisotopic (exact) mass is 413 g/mol. The topological polar surface area (TPSA) is 60.6 Å². The minimum absolute atomic E-state index is 0.156. The lowest BCUT2D eigenvalue weighted by atomic mass is 10.1. The number of aromatic nitrogens is 1. The summed E-state index contributed by atoms with van der Waals surface area (Å²) < 4.78 is 16.9. The van der Waals surface area contributed by atoms with Crippen LogP contribution in [0.25, 0.3) is 17.0 Å². The Bertz CT molecular complexity index is 1200.